The molecule has 0 saturated heterocycles. The maximum atomic E-state index is 12.1. The van der Waals surface area contributed by atoms with Crippen LogP contribution in [0.25, 0.3) is 0 Å². The summed E-state index contributed by atoms with van der Waals surface area (Å²) in [6.07, 6.45) is 0.815. The molecule has 0 fully saturated rings. The van der Waals surface area contributed by atoms with E-state index < -0.39 is 0 Å². The van der Waals surface area contributed by atoms with E-state index in [-0.39, 0.29) is 17.8 Å². The molecule has 118 valence electrons. The Morgan fingerprint density at radius 2 is 2.24 bits per heavy atom. The summed E-state index contributed by atoms with van der Waals surface area (Å²) < 4.78 is 10.6. The van der Waals surface area contributed by atoms with Gasteiger partial charge in [-0.15, -0.1) is 0 Å². The minimum Gasteiger partial charge on any atom is -0.437 e. The van der Waals surface area contributed by atoms with Gasteiger partial charge in [0.2, 0.25) is 0 Å². The Labute approximate surface area is 125 Å². The van der Waals surface area contributed by atoms with Crippen LogP contribution in [-0.2, 0) is 17.7 Å². The van der Waals surface area contributed by atoms with Crippen LogP contribution in [0, 0.1) is 5.92 Å². The zero-order valence-electron chi connectivity index (χ0n) is 13.3. The van der Waals surface area contributed by atoms with E-state index in [0.717, 1.165) is 37.5 Å². The summed E-state index contributed by atoms with van der Waals surface area (Å²) >= 11 is 0. The van der Waals surface area contributed by atoms with Gasteiger partial charge in [0.15, 0.2) is 0 Å². The van der Waals surface area contributed by atoms with Gasteiger partial charge in [0, 0.05) is 39.2 Å². The van der Waals surface area contributed by atoms with E-state index in [9.17, 15) is 4.79 Å². The van der Waals surface area contributed by atoms with Crippen LogP contribution in [0.1, 0.15) is 42.9 Å². The molecule has 0 spiro atoms. The first-order valence-corrected chi connectivity index (χ1v) is 7.50. The fourth-order valence-electron chi connectivity index (χ4n) is 2.60. The third kappa shape index (κ3) is 4.28. The third-order valence-electron chi connectivity index (χ3n) is 3.42. The lowest BCUT2D eigenvalue weighted by Crippen LogP contribution is -2.35. The molecule has 2 rings (SSSR count). The number of carbonyl (C=O) groups excluding carboxylic acids is 1. The second-order valence-corrected chi connectivity index (χ2v) is 6.10. The Morgan fingerprint density at radius 3 is 2.90 bits per heavy atom. The molecule has 1 aromatic rings. The SMILES string of the molecule is COCC(C)NC(=O)c1nc2c(o1)CCN(CC(C)C)C2. The van der Waals surface area contributed by atoms with E-state index in [1.54, 1.807) is 7.11 Å². The van der Waals surface area contributed by atoms with Gasteiger partial charge in [-0.2, -0.15) is 0 Å². The van der Waals surface area contributed by atoms with Crippen LogP contribution < -0.4 is 5.32 Å². The second-order valence-electron chi connectivity index (χ2n) is 6.10. The molecule has 0 aliphatic carbocycles. The van der Waals surface area contributed by atoms with Crippen molar-refractivity contribution in [3.05, 3.63) is 17.3 Å². The Morgan fingerprint density at radius 1 is 1.48 bits per heavy atom. The number of rotatable bonds is 6. The summed E-state index contributed by atoms with van der Waals surface area (Å²) in [6, 6.07) is -0.0659. The van der Waals surface area contributed by atoms with Crippen LogP contribution in [0.15, 0.2) is 4.42 Å². The number of nitrogens with zero attached hydrogens (tertiary/aromatic N) is 2. The summed E-state index contributed by atoms with van der Waals surface area (Å²) in [5.74, 6) is 1.36. The third-order valence-corrected chi connectivity index (χ3v) is 3.42. The normalized spacial score (nSPS) is 16.8. The first kappa shape index (κ1) is 16.0. The quantitative estimate of drug-likeness (QED) is 0.860. The summed E-state index contributed by atoms with van der Waals surface area (Å²) in [5.41, 5.74) is 0.895. The average Bonchev–Trinajstić information content (AvgIpc) is 2.81. The van der Waals surface area contributed by atoms with Gasteiger partial charge in [0.25, 0.3) is 5.89 Å². The number of oxazole rings is 1. The maximum absolute atomic E-state index is 12.1. The lowest BCUT2D eigenvalue weighted by Gasteiger charge is -2.26. The van der Waals surface area contributed by atoms with Crippen molar-refractivity contribution in [2.75, 3.05) is 26.8 Å². The zero-order chi connectivity index (χ0) is 15.4. The van der Waals surface area contributed by atoms with Gasteiger partial charge >= 0.3 is 5.91 Å². The Bertz CT molecular complexity index is 485. The zero-order valence-corrected chi connectivity index (χ0v) is 13.3. The molecule has 0 saturated carbocycles. The number of hydrogen-bond donors (Lipinski definition) is 1. The van der Waals surface area contributed by atoms with E-state index in [4.69, 9.17) is 9.15 Å². The predicted molar refractivity (Wildman–Crippen MR) is 79.1 cm³/mol. The molecule has 21 heavy (non-hydrogen) atoms. The molecule has 1 aliphatic heterocycles. The predicted octanol–water partition coefficient (Wildman–Crippen LogP) is 1.45. The van der Waals surface area contributed by atoms with Crippen molar-refractivity contribution >= 4 is 5.91 Å². The molecule has 0 aromatic carbocycles. The fourth-order valence-corrected chi connectivity index (χ4v) is 2.60. The standard InChI is InChI=1S/C15H25N3O3/c1-10(2)7-18-6-5-13-12(8-18)17-15(21-13)14(19)16-11(3)9-20-4/h10-11H,5-9H2,1-4H3,(H,16,19). The molecular weight excluding hydrogens is 270 g/mol. The molecule has 1 N–H and O–H groups in total. The number of hydrogen-bond acceptors (Lipinski definition) is 5. The summed E-state index contributed by atoms with van der Waals surface area (Å²) in [5, 5.41) is 2.82. The van der Waals surface area contributed by atoms with Gasteiger partial charge in [-0.05, 0) is 12.8 Å². The van der Waals surface area contributed by atoms with Crippen molar-refractivity contribution in [2.24, 2.45) is 5.92 Å². The highest BCUT2D eigenvalue weighted by Gasteiger charge is 2.25. The molecule has 0 bridgehead atoms. The Kier molecular flexibility index (Phi) is 5.36. The van der Waals surface area contributed by atoms with Gasteiger partial charge in [-0.25, -0.2) is 4.98 Å². The van der Waals surface area contributed by atoms with E-state index in [2.05, 4.69) is 29.0 Å². The van der Waals surface area contributed by atoms with Crippen LogP contribution in [0.4, 0.5) is 0 Å². The largest absolute Gasteiger partial charge is 0.437 e. The second kappa shape index (κ2) is 7.04. The van der Waals surface area contributed by atoms with Crippen LogP contribution in [-0.4, -0.2) is 48.6 Å². The summed E-state index contributed by atoms with van der Waals surface area (Å²) in [7, 11) is 1.61. The highest BCUT2D eigenvalue weighted by atomic mass is 16.5. The summed E-state index contributed by atoms with van der Waals surface area (Å²) in [4.78, 5) is 18.8. The lowest BCUT2D eigenvalue weighted by molar-refractivity contribution is 0.0869. The number of nitrogens with one attached hydrogen (secondary N) is 1. The lowest BCUT2D eigenvalue weighted by atomic mass is 10.1. The highest BCUT2D eigenvalue weighted by Crippen LogP contribution is 2.20. The topological polar surface area (TPSA) is 67.6 Å². The monoisotopic (exact) mass is 295 g/mol. The minimum atomic E-state index is -0.274. The number of amides is 1. The summed E-state index contributed by atoms with van der Waals surface area (Å²) in [6.45, 7) is 9.52. The number of methoxy groups -OCH3 is 1. The van der Waals surface area contributed by atoms with E-state index in [0.29, 0.717) is 12.5 Å². The van der Waals surface area contributed by atoms with Gasteiger partial charge in [0.1, 0.15) is 5.76 Å². The Balaban J connectivity index is 1.99. The smallest absolute Gasteiger partial charge is 0.307 e. The molecular formula is C15H25N3O3. The van der Waals surface area contributed by atoms with Crippen molar-refractivity contribution in [3.63, 3.8) is 0 Å². The number of aromatic nitrogens is 1. The van der Waals surface area contributed by atoms with Crippen LogP contribution in [0.5, 0.6) is 0 Å². The van der Waals surface area contributed by atoms with Crippen molar-refractivity contribution in [1.29, 1.82) is 0 Å². The fraction of sp³-hybridized carbons (Fsp3) is 0.733. The minimum absolute atomic E-state index is 0.0659. The van der Waals surface area contributed by atoms with Crippen molar-refractivity contribution in [1.82, 2.24) is 15.2 Å². The van der Waals surface area contributed by atoms with E-state index in [1.165, 1.54) is 0 Å². The molecule has 0 radical (unpaired) electrons. The molecule has 1 amide bonds. The first-order chi connectivity index (χ1) is 9.99. The van der Waals surface area contributed by atoms with Crippen molar-refractivity contribution in [2.45, 2.75) is 39.8 Å². The van der Waals surface area contributed by atoms with Gasteiger partial charge < -0.3 is 14.5 Å². The molecule has 6 heteroatoms. The van der Waals surface area contributed by atoms with Gasteiger partial charge in [-0.1, -0.05) is 13.8 Å². The molecule has 1 unspecified atom stereocenters. The molecule has 6 nitrogen and oxygen atoms in total. The average molecular weight is 295 g/mol. The first-order valence-electron chi connectivity index (χ1n) is 7.50. The van der Waals surface area contributed by atoms with Crippen molar-refractivity contribution in [3.8, 4) is 0 Å². The van der Waals surface area contributed by atoms with Crippen LogP contribution >= 0.6 is 0 Å². The van der Waals surface area contributed by atoms with Gasteiger partial charge in [-0.3, -0.25) is 9.69 Å². The number of carbonyl (C=O) groups is 1. The van der Waals surface area contributed by atoms with E-state index in [1.807, 2.05) is 6.92 Å². The maximum Gasteiger partial charge on any atom is 0.307 e. The molecule has 2 heterocycles. The van der Waals surface area contributed by atoms with Crippen LogP contribution in [0.3, 0.4) is 0 Å². The van der Waals surface area contributed by atoms with Crippen molar-refractivity contribution < 1.29 is 13.9 Å². The number of fused-ring (bicyclic) bond motifs is 1. The number of ether oxygens (including phenoxy) is 1. The van der Waals surface area contributed by atoms with Gasteiger partial charge in [0.05, 0.1) is 12.3 Å². The highest BCUT2D eigenvalue weighted by molar-refractivity contribution is 5.89. The molecule has 1 aromatic heterocycles. The van der Waals surface area contributed by atoms with Crippen LogP contribution in [0.2, 0.25) is 0 Å². The Hall–Kier alpha value is -1.40. The van der Waals surface area contributed by atoms with E-state index >= 15 is 0 Å². The molecule has 1 aliphatic rings. The molecule has 1 atom stereocenters.